The fourth-order valence-corrected chi connectivity index (χ4v) is 4.87. The van der Waals surface area contributed by atoms with Gasteiger partial charge in [0, 0.05) is 45.2 Å². The Morgan fingerprint density at radius 2 is 1.86 bits per heavy atom. The molecule has 0 spiro atoms. The van der Waals surface area contributed by atoms with E-state index in [1.807, 2.05) is 19.9 Å². The molecular weight excluding hydrogens is 503 g/mol. The number of nitrogens with one attached hydrogen (secondary N) is 1. The third-order valence-corrected chi connectivity index (χ3v) is 7.10. The van der Waals surface area contributed by atoms with E-state index in [4.69, 9.17) is 4.74 Å². The van der Waals surface area contributed by atoms with Crippen LogP contribution < -0.4 is 5.32 Å². The molecule has 1 saturated carbocycles. The van der Waals surface area contributed by atoms with E-state index in [1.54, 1.807) is 11.4 Å². The van der Waals surface area contributed by atoms with Crippen molar-refractivity contribution in [3.05, 3.63) is 35.9 Å². The van der Waals surface area contributed by atoms with Crippen molar-refractivity contribution in [2.45, 2.75) is 38.3 Å². The summed E-state index contributed by atoms with van der Waals surface area (Å²) >= 11 is 0. The van der Waals surface area contributed by atoms with Gasteiger partial charge in [-0.15, -0.1) is 24.0 Å². The van der Waals surface area contributed by atoms with E-state index in [9.17, 15) is 8.42 Å². The first kappa shape index (κ1) is 24.4. The molecule has 2 aliphatic rings. The molecule has 3 rings (SSSR count). The maximum absolute atomic E-state index is 12.5. The molecule has 2 fully saturated rings. The molecule has 0 amide bonds. The van der Waals surface area contributed by atoms with E-state index < -0.39 is 10.0 Å². The lowest BCUT2D eigenvalue weighted by molar-refractivity contribution is 0.0904. The fourth-order valence-electron chi connectivity index (χ4n) is 3.58. The topological polar surface area (TPSA) is 74.2 Å². The smallest absolute Gasteiger partial charge is 0.216 e. The van der Waals surface area contributed by atoms with Gasteiger partial charge in [-0.05, 0) is 25.8 Å². The molecule has 1 aromatic carbocycles. The van der Waals surface area contributed by atoms with Crippen LogP contribution in [-0.4, -0.2) is 81.3 Å². The molecule has 2 atom stereocenters. The number of guanidine groups is 1. The third-order valence-electron chi connectivity index (χ3n) is 5.27. The summed E-state index contributed by atoms with van der Waals surface area (Å²) in [5.74, 6) is 1.43. The van der Waals surface area contributed by atoms with Crippen molar-refractivity contribution in [1.29, 1.82) is 0 Å². The van der Waals surface area contributed by atoms with Crippen LogP contribution in [0.1, 0.15) is 31.7 Å². The molecule has 0 radical (unpaired) electrons. The maximum atomic E-state index is 12.5. The molecular formula is C20H33IN4O3S. The van der Waals surface area contributed by atoms with Crippen molar-refractivity contribution in [3.63, 3.8) is 0 Å². The predicted octanol–water partition coefficient (Wildman–Crippen LogP) is 2.11. The van der Waals surface area contributed by atoms with Crippen LogP contribution in [0.15, 0.2) is 35.3 Å². The average Bonchev–Trinajstić information content (AvgIpc) is 3.46. The zero-order chi connectivity index (χ0) is 20.1. The van der Waals surface area contributed by atoms with E-state index >= 15 is 0 Å². The van der Waals surface area contributed by atoms with Gasteiger partial charge in [0.1, 0.15) is 0 Å². The van der Waals surface area contributed by atoms with Crippen LogP contribution >= 0.6 is 24.0 Å². The Morgan fingerprint density at radius 1 is 1.21 bits per heavy atom. The number of hydrogen-bond donors (Lipinski definition) is 1. The number of piperazine rings is 1. The summed E-state index contributed by atoms with van der Waals surface area (Å²) in [7, 11) is -1.48. The number of ether oxygens (including phenoxy) is 1. The van der Waals surface area contributed by atoms with Crippen molar-refractivity contribution in [2.24, 2.45) is 4.99 Å². The number of halogens is 1. The van der Waals surface area contributed by atoms with E-state index in [2.05, 4.69) is 39.5 Å². The zero-order valence-electron chi connectivity index (χ0n) is 17.5. The molecule has 9 heteroatoms. The van der Waals surface area contributed by atoms with Gasteiger partial charge >= 0.3 is 0 Å². The van der Waals surface area contributed by atoms with Crippen molar-refractivity contribution in [2.75, 3.05) is 45.6 Å². The molecule has 7 nitrogen and oxygen atoms in total. The Morgan fingerprint density at radius 3 is 2.45 bits per heavy atom. The minimum atomic E-state index is -3.27. The zero-order valence-corrected chi connectivity index (χ0v) is 20.6. The first-order chi connectivity index (χ1) is 13.4. The highest BCUT2D eigenvalue weighted by molar-refractivity contribution is 14.0. The van der Waals surface area contributed by atoms with Gasteiger partial charge < -0.3 is 15.0 Å². The van der Waals surface area contributed by atoms with Crippen molar-refractivity contribution >= 4 is 40.0 Å². The van der Waals surface area contributed by atoms with Crippen LogP contribution in [0.5, 0.6) is 0 Å². The van der Waals surface area contributed by atoms with E-state index in [1.165, 1.54) is 5.56 Å². The van der Waals surface area contributed by atoms with Crippen LogP contribution in [-0.2, 0) is 14.8 Å². The van der Waals surface area contributed by atoms with Crippen LogP contribution in [0.25, 0.3) is 0 Å². The highest BCUT2D eigenvalue weighted by atomic mass is 127. The van der Waals surface area contributed by atoms with Gasteiger partial charge in [-0.2, -0.15) is 4.31 Å². The molecule has 1 saturated heterocycles. The standard InChI is InChI=1S/C20H32N4O3S.HI/c1-16(2)27-13-14-28(25,26)24-11-9-23(10-12-24)20(21-3)22-19-15-18(19)17-7-5-4-6-8-17;/h4-8,16,18-19H,9-15H2,1-3H3,(H,21,22);1H. The molecule has 1 aliphatic heterocycles. The number of nitrogens with zero attached hydrogens (tertiary/aromatic N) is 3. The quantitative estimate of drug-likeness (QED) is 0.329. The Labute approximate surface area is 192 Å². The molecule has 0 aromatic heterocycles. The van der Waals surface area contributed by atoms with Gasteiger partial charge in [-0.3, -0.25) is 4.99 Å². The number of aliphatic imine (C=N–C) groups is 1. The minimum absolute atomic E-state index is 0. The van der Waals surface area contributed by atoms with Gasteiger partial charge in [0.05, 0.1) is 18.5 Å². The molecule has 29 heavy (non-hydrogen) atoms. The summed E-state index contributed by atoms with van der Waals surface area (Å²) in [4.78, 5) is 6.57. The number of hydrogen-bond acceptors (Lipinski definition) is 4. The summed E-state index contributed by atoms with van der Waals surface area (Å²) in [6.07, 6.45) is 1.15. The van der Waals surface area contributed by atoms with Crippen molar-refractivity contribution in [3.8, 4) is 0 Å². The predicted molar refractivity (Wildman–Crippen MR) is 128 cm³/mol. The number of rotatable bonds is 7. The Balaban J connectivity index is 0.00000300. The summed E-state index contributed by atoms with van der Waals surface area (Å²) in [5.41, 5.74) is 1.36. The van der Waals surface area contributed by atoms with Crippen LogP contribution in [0.3, 0.4) is 0 Å². The lowest BCUT2D eigenvalue weighted by atomic mass is 10.1. The molecule has 1 N–H and O–H groups in total. The number of benzene rings is 1. The third kappa shape index (κ3) is 6.80. The molecule has 0 bridgehead atoms. The van der Waals surface area contributed by atoms with Crippen LogP contribution in [0.4, 0.5) is 0 Å². The lowest BCUT2D eigenvalue weighted by Crippen LogP contribution is -2.54. The summed E-state index contributed by atoms with van der Waals surface area (Å²) in [6, 6.07) is 10.9. The number of sulfonamides is 1. The van der Waals surface area contributed by atoms with Crippen molar-refractivity contribution < 1.29 is 13.2 Å². The summed E-state index contributed by atoms with van der Waals surface area (Å²) in [5, 5.41) is 3.55. The van der Waals surface area contributed by atoms with Gasteiger partial charge in [0.15, 0.2) is 5.96 Å². The second-order valence-electron chi connectivity index (χ2n) is 7.67. The van der Waals surface area contributed by atoms with E-state index in [0.717, 1.165) is 12.4 Å². The van der Waals surface area contributed by atoms with Crippen LogP contribution in [0.2, 0.25) is 0 Å². The van der Waals surface area contributed by atoms with Crippen LogP contribution in [0, 0.1) is 0 Å². The highest BCUT2D eigenvalue weighted by Gasteiger charge is 2.40. The first-order valence-corrected chi connectivity index (χ1v) is 11.6. The van der Waals surface area contributed by atoms with Crippen molar-refractivity contribution in [1.82, 2.24) is 14.5 Å². The monoisotopic (exact) mass is 536 g/mol. The Hall–Kier alpha value is -0.910. The largest absolute Gasteiger partial charge is 0.378 e. The molecule has 1 heterocycles. The second-order valence-corrected chi connectivity index (χ2v) is 9.76. The molecule has 1 aromatic rings. The SMILES string of the molecule is CN=C(NC1CC1c1ccccc1)N1CCN(S(=O)(=O)CCOC(C)C)CC1.I. The maximum Gasteiger partial charge on any atom is 0.216 e. The van der Waals surface area contributed by atoms with Gasteiger partial charge in [-0.1, -0.05) is 30.3 Å². The second kappa shape index (κ2) is 10.9. The minimum Gasteiger partial charge on any atom is -0.378 e. The summed E-state index contributed by atoms with van der Waals surface area (Å²) in [6.45, 7) is 6.32. The van der Waals surface area contributed by atoms with E-state index in [0.29, 0.717) is 38.1 Å². The van der Waals surface area contributed by atoms with E-state index in [-0.39, 0.29) is 42.4 Å². The average molecular weight is 536 g/mol. The summed E-state index contributed by atoms with van der Waals surface area (Å²) < 4.78 is 31.9. The lowest BCUT2D eigenvalue weighted by Gasteiger charge is -2.36. The van der Waals surface area contributed by atoms with Gasteiger partial charge in [0.25, 0.3) is 0 Å². The normalized spacial score (nSPS) is 23.0. The molecule has 2 unspecified atom stereocenters. The molecule has 1 aliphatic carbocycles. The Kier molecular flexibility index (Phi) is 9.17. The van der Waals surface area contributed by atoms with Gasteiger partial charge in [0.2, 0.25) is 10.0 Å². The first-order valence-electron chi connectivity index (χ1n) is 10.0. The fraction of sp³-hybridized carbons (Fsp3) is 0.650. The highest BCUT2D eigenvalue weighted by Crippen LogP contribution is 2.40. The molecule has 164 valence electrons. The Bertz CT molecular complexity index is 765. The van der Waals surface area contributed by atoms with Gasteiger partial charge in [-0.25, -0.2) is 8.42 Å².